The number of rotatable bonds is 4. The van der Waals surface area contributed by atoms with E-state index in [2.05, 4.69) is 15.1 Å². The molecule has 4 heterocycles. The molecule has 0 spiro atoms. The van der Waals surface area contributed by atoms with Gasteiger partial charge in [-0.25, -0.2) is 4.98 Å². The van der Waals surface area contributed by atoms with Gasteiger partial charge >= 0.3 is 0 Å². The van der Waals surface area contributed by atoms with Crippen LogP contribution in [0.3, 0.4) is 0 Å². The standard InChI is InChI=1S/C18H21N5O4/c1-12-20-15(27-21-12)9-13-4-7-22(8-5-13)16(24)10-23-17(25)11-26-14-3-2-6-19-18(14)23/h2-3,6,13H,4-5,7-11H2,1H3. The summed E-state index contributed by atoms with van der Waals surface area (Å²) in [5, 5.41) is 3.81. The highest BCUT2D eigenvalue weighted by molar-refractivity contribution is 6.01. The molecule has 2 aliphatic heterocycles. The number of pyridine rings is 1. The molecule has 2 aromatic heterocycles. The molecule has 9 nitrogen and oxygen atoms in total. The first-order valence-corrected chi connectivity index (χ1v) is 9.05. The van der Waals surface area contributed by atoms with Crippen LogP contribution < -0.4 is 9.64 Å². The van der Waals surface area contributed by atoms with Crippen LogP contribution in [0.4, 0.5) is 5.82 Å². The minimum Gasteiger partial charge on any atom is -0.480 e. The summed E-state index contributed by atoms with van der Waals surface area (Å²) in [6, 6.07) is 3.49. The van der Waals surface area contributed by atoms with Crippen LogP contribution in [-0.4, -0.2) is 58.1 Å². The number of piperidine rings is 1. The molecule has 1 saturated heterocycles. The number of aromatic nitrogens is 3. The lowest BCUT2D eigenvalue weighted by molar-refractivity contribution is -0.133. The van der Waals surface area contributed by atoms with Crippen molar-refractivity contribution in [3.05, 3.63) is 30.0 Å². The van der Waals surface area contributed by atoms with Crippen LogP contribution in [0.15, 0.2) is 22.9 Å². The first-order valence-electron chi connectivity index (χ1n) is 9.05. The third-order valence-corrected chi connectivity index (χ3v) is 4.95. The van der Waals surface area contributed by atoms with Crippen LogP contribution in [-0.2, 0) is 16.0 Å². The molecule has 0 saturated carbocycles. The summed E-state index contributed by atoms with van der Waals surface area (Å²) in [6.07, 6.45) is 4.07. The van der Waals surface area contributed by atoms with E-state index in [1.54, 1.807) is 30.2 Å². The fourth-order valence-electron chi connectivity index (χ4n) is 3.49. The molecule has 0 aliphatic carbocycles. The molecule has 1 fully saturated rings. The van der Waals surface area contributed by atoms with Crippen LogP contribution in [0.5, 0.6) is 5.75 Å². The van der Waals surface area contributed by atoms with Gasteiger partial charge in [-0.3, -0.25) is 14.5 Å². The molecule has 2 aromatic rings. The Morgan fingerprint density at radius 2 is 2.15 bits per heavy atom. The predicted molar refractivity (Wildman–Crippen MR) is 94.1 cm³/mol. The lowest BCUT2D eigenvalue weighted by Gasteiger charge is -2.34. The Morgan fingerprint density at radius 3 is 2.89 bits per heavy atom. The van der Waals surface area contributed by atoms with E-state index in [1.165, 1.54) is 4.90 Å². The fourth-order valence-corrected chi connectivity index (χ4v) is 3.49. The quantitative estimate of drug-likeness (QED) is 0.789. The molecule has 0 bridgehead atoms. The van der Waals surface area contributed by atoms with Gasteiger partial charge in [-0.15, -0.1) is 0 Å². The lowest BCUT2D eigenvalue weighted by atomic mass is 9.93. The van der Waals surface area contributed by atoms with Crippen LogP contribution in [0.1, 0.15) is 24.6 Å². The third-order valence-electron chi connectivity index (χ3n) is 4.95. The molecule has 0 radical (unpaired) electrons. The van der Waals surface area contributed by atoms with Gasteiger partial charge in [-0.2, -0.15) is 4.98 Å². The highest BCUT2D eigenvalue weighted by atomic mass is 16.5. The molecule has 142 valence electrons. The Labute approximate surface area is 156 Å². The highest BCUT2D eigenvalue weighted by Gasteiger charge is 2.31. The second kappa shape index (κ2) is 7.34. The van der Waals surface area contributed by atoms with Gasteiger partial charge in [0.25, 0.3) is 5.91 Å². The van der Waals surface area contributed by atoms with Gasteiger partial charge < -0.3 is 14.2 Å². The van der Waals surface area contributed by atoms with Crippen molar-refractivity contribution in [1.82, 2.24) is 20.0 Å². The number of likely N-dealkylation sites (tertiary alicyclic amines) is 1. The maximum Gasteiger partial charge on any atom is 0.266 e. The van der Waals surface area contributed by atoms with Gasteiger partial charge in [0.15, 0.2) is 24.0 Å². The van der Waals surface area contributed by atoms with Gasteiger partial charge in [-0.05, 0) is 37.8 Å². The zero-order valence-corrected chi connectivity index (χ0v) is 15.1. The van der Waals surface area contributed by atoms with Gasteiger partial charge in [-0.1, -0.05) is 5.16 Å². The normalized spacial score (nSPS) is 17.6. The van der Waals surface area contributed by atoms with E-state index in [0.717, 1.165) is 19.3 Å². The predicted octanol–water partition coefficient (Wildman–Crippen LogP) is 0.980. The molecule has 2 aliphatic rings. The summed E-state index contributed by atoms with van der Waals surface area (Å²) < 4.78 is 10.5. The monoisotopic (exact) mass is 371 g/mol. The van der Waals surface area contributed by atoms with Crippen LogP contribution in [0.25, 0.3) is 0 Å². The molecule has 0 N–H and O–H groups in total. The number of ether oxygens (including phenoxy) is 1. The van der Waals surface area contributed by atoms with Crippen molar-refractivity contribution in [2.45, 2.75) is 26.2 Å². The Morgan fingerprint density at radius 1 is 1.33 bits per heavy atom. The van der Waals surface area contributed by atoms with Gasteiger partial charge in [0.05, 0.1) is 0 Å². The van der Waals surface area contributed by atoms with Crippen molar-refractivity contribution in [2.75, 3.05) is 31.1 Å². The summed E-state index contributed by atoms with van der Waals surface area (Å²) in [5.74, 6) is 2.31. The second-order valence-electron chi connectivity index (χ2n) is 6.86. The SMILES string of the molecule is Cc1noc(CC2CCN(C(=O)CN3C(=O)COc4cccnc43)CC2)n1. The summed E-state index contributed by atoms with van der Waals surface area (Å²) in [5.41, 5.74) is 0. The topological polar surface area (TPSA) is 102 Å². The van der Waals surface area contributed by atoms with Crippen molar-refractivity contribution >= 4 is 17.6 Å². The molecule has 0 atom stereocenters. The van der Waals surface area contributed by atoms with Gasteiger partial charge in [0.1, 0.15) is 6.54 Å². The van der Waals surface area contributed by atoms with E-state index in [9.17, 15) is 9.59 Å². The smallest absolute Gasteiger partial charge is 0.266 e. The van der Waals surface area contributed by atoms with Crippen molar-refractivity contribution < 1.29 is 18.8 Å². The maximum absolute atomic E-state index is 12.7. The van der Waals surface area contributed by atoms with Crippen molar-refractivity contribution in [2.24, 2.45) is 5.92 Å². The Balaban J connectivity index is 1.34. The number of amides is 2. The Bertz CT molecular complexity index is 844. The molecular weight excluding hydrogens is 350 g/mol. The van der Waals surface area contributed by atoms with Crippen LogP contribution >= 0.6 is 0 Å². The van der Waals surface area contributed by atoms with E-state index < -0.39 is 0 Å². The number of anilines is 1. The average molecular weight is 371 g/mol. The summed E-state index contributed by atoms with van der Waals surface area (Å²) in [4.78, 5) is 36.6. The van der Waals surface area contributed by atoms with Crippen LogP contribution in [0, 0.1) is 12.8 Å². The number of hydrogen-bond donors (Lipinski definition) is 0. The Kier molecular flexibility index (Phi) is 4.74. The Hall–Kier alpha value is -2.97. The zero-order chi connectivity index (χ0) is 18.8. The van der Waals surface area contributed by atoms with E-state index in [0.29, 0.717) is 42.3 Å². The summed E-state index contributed by atoms with van der Waals surface area (Å²) in [6.45, 7) is 3.03. The molecular formula is C18H21N5O4. The molecule has 9 heteroatoms. The summed E-state index contributed by atoms with van der Waals surface area (Å²) >= 11 is 0. The second-order valence-corrected chi connectivity index (χ2v) is 6.86. The molecule has 0 unspecified atom stereocenters. The minimum absolute atomic E-state index is 0.0142. The van der Waals surface area contributed by atoms with E-state index in [-0.39, 0.29) is 25.0 Å². The first-order chi connectivity index (χ1) is 13.1. The van der Waals surface area contributed by atoms with Gasteiger partial charge in [0, 0.05) is 25.7 Å². The zero-order valence-electron chi connectivity index (χ0n) is 15.1. The molecule has 4 rings (SSSR count). The number of nitrogens with zero attached hydrogens (tertiary/aromatic N) is 5. The molecule has 27 heavy (non-hydrogen) atoms. The number of aryl methyl sites for hydroxylation is 1. The number of fused-ring (bicyclic) bond motifs is 1. The largest absolute Gasteiger partial charge is 0.480 e. The van der Waals surface area contributed by atoms with Crippen molar-refractivity contribution in [3.63, 3.8) is 0 Å². The van der Waals surface area contributed by atoms with E-state index in [4.69, 9.17) is 9.26 Å². The van der Waals surface area contributed by atoms with E-state index in [1.807, 2.05) is 0 Å². The third kappa shape index (κ3) is 3.76. The molecule has 0 aromatic carbocycles. The first kappa shape index (κ1) is 17.4. The maximum atomic E-state index is 12.7. The fraction of sp³-hybridized carbons (Fsp3) is 0.500. The lowest BCUT2D eigenvalue weighted by Crippen LogP contribution is -2.48. The van der Waals surface area contributed by atoms with Gasteiger partial charge in [0.2, 0.25) is 11.8 Å². The number of carbonyl (C=O) groups is 2. The van der Waals surface area contributed by atoms with Crippen molar-refractivity contribution in [1.29, 1.82) is 0 Å². The number of hydrogen-bond acceptors (Lipinski definition) is 7. The van der Waals surface area contributed by atoms with Crippen molar-refractivity contribution in [3.8, 4) is 5.75 Å². The highest BCUT2D eigenvalue weighted by Crippen LogP contribution is 2.29. The average Bonchev–Trinajstić information content (AvgIpc) is 3.09. The van der Waals surface area contributed by atoms with Crippen LogP contribution in [0.2, 0.25) is 0 Å². The van der Waals surface area contributed by atoms with E-state index >= 15 is 0 Å². The summed E-state index contributed by atoms with van der Waals surface area (Å²) in [7, 11) is 0. The minimum atomic E-state index is -0.254. The number of carbonyl (C=O) groups excluding carboxylic acids is 2. The molecule has 2 amide bonds.